The van der Waals surface area contributed by atoms with Gasteiger partial charge in [0.05, 0.1) is 23.2 Å². The van der Waals surface area contributed by atoms with Gasteiger partial charge in [0.1, 0.15) is 11.4 Å². The van der Waals surface area contributed by atoms with Gasteiger partial charge in [0, 0.05) is 0 Å². The molecule has 5 nitrogen and oxygen atoms in total. The van der Waals surface area contributed by atoms with E-state index in [2.05, 4.69) is 63.4 Å². The molecular formula is C21H25BrN2O3. The number of rotatable bonds is 5. The molecule has 0 aliphatic rings. The molecule has 6 heteroatoms. The zero-order chi connectivity index (χ0) is 20.4. The van der Waals surface area contributed by atoms with Crippen LogP contribution in [-0.4, -0.2) is 12.7 Å². The van der Waals surface area contributed by atoms with Crippen LogP contribution in [-0.2, 0) is 17.7 Å². The molecule has 0 aliphatic carbocycles. The minimum atomic E-state index is -0.429. The highest BCUT2D eigenvalue weighted by Crippen LogP contribution is 2.29. The summed E-state index contributed by atoms with van der Waals surface area (Å²) >= 11 is 3.47. The van der Waals surface area contributed by atoms with Gasteiger partial charge in [0.2, 0.25) is 0 Å². The van der Waals surface area contributed by atoms with E-state index in [9.17, 15) is 10.2 Å². The van der Waals surface area contributed by atoms with Crippen LogP contribution in [0.2, 0.25) is 0 Å². The molecule has 0 atom stereocenters. The largest absolute Gasteiger partial charge is 0.496 e. The van der Waals surface area contributed by atoms with E-state index in [1.807, 2.05) is 6.07 Å². The highest BCUT2D eigenvalue weighted by molar-refractivity contribution is 9.10. The second kappa shape index (κ2) is 10.7. The Kier molecular flexibility index (Phi) is 8.96. The Morgan fingerprint density at radius 3 is 2.15 bits per heavy atom. The minimum Gasteiger partial charge on any atom is -0.496 e. The van der Waals surface area contributed by atoms with E-state index in [1.54, 1.807) is 33.9 Å². The average molecular weight is 433 g/mol. The second-order valence-electron chi connectivity index (χ2n) is 6.88. The lowest BCUT2D eigenvalue weighted by Crippen LogP contribution is -2.14. The Labute approximate surface area is 169 Å². The Morgan fingerprint density at radius 2 is 1.74 bits per heavy atom. The fraction of sp³-hybridized carbons (Fsp3) is 0.381. The van der Waals surface area contributed by atoms with Gasteiger partial charge in [-0.1, -0.05) is 31.2 Å². The maximum atomic E-state index is 9.35. The molecule has 2 aromatic rings. The predicted octanol–water partition coefficient (Wildman–Crippen LogP) is 5.97. The van der Waals surface area contributed by atoms with Crippen LogP contribution in [0.25, 0.3) is 0 Å². The zero-order valence-electron chi connectivity index (χ0n) is 16.4. The molecule has 0 fully saturated rings. The van der Waals surface area contributed by atoms with Crippen LogP contribution in [0.5, 0.6) is 5.75 Å². The van der Waals surface area contributed by atoms with Crippen molar-refractivity contribution in [2.75, 3.05) is 7.11 Å². The Balaban J connectivity index is 0.000000445. The molecule has 0 heterocycles. The Hall–Kier alpha value is -2.39. The molecule has 0 aliphatic heterocycles. The standard InChI is InChI=1S/C17H16BrNO.C4H9NO2/c1-3-12-4-6-13(7-5-12)8-14-9-16(18)17(20-2)10-15(14)11-19;1-4(2,3)7-5-6/h4-7,9-10H,3,8H2,1-2H3;1-3H3. The van der Waals surface area contributed by atoms with E-state index < -0.39 is 5.60 Å². The summed E-state index contributed by atoms with van der Waals surface area (Å²) in [5, 5.41) is 11.5. The molecule has 0 bridgehead atoms. The first-order valence-electron chi connectivity index (χ1n) is 8.59. The molecule has 2 aromatic carbocycles. The zero-order valence-corrected chi connectivity index (χ0v) is 18.0. The first-order chi connectivity index (χ1) is 12.7. The summed E-state index contributed by atoms with van der Waals surface area (Å²) in [6.45, 7) is 7.42. The van der Waals surface area contributed by atoms with Crippen molar-refractivity contribution in [2.24, 2.45) is 5.34 Å². The van der Waals surface area contributed by atoms with Crippen LogP contribution in [0, 0.1) is 16.2 Å². The molecule has 0 radical (unpaired) electrons. The van der Waals surface area contributed by atoms with Gasteiger partial charge in [0.25, 0.3) is 0 Å². The predicted molar refractivity (Wildman–Crippen MR) is 111 cm³/mol. The number of hydrogen-bond acceptors (Lipinski definition) is 5. The molecule has 0 saturated heterocycles. The molecule has 0 spiro atoms. The van der Waals surface area contributed by atoms with Gasteiger partial charge in [-0.3, -0.25) is 0 Å². The number of aryl methyl sites for hydroxylation is 1. The average Bonchev–Trinajstić information content (AvgIpc) is 2.62. The molecule has 0 N–H and O–H groups in total. The number of nitrogens with zero attached hydrogens (tertiary/aromatic N) is 2. The highest BCUT2D eigenvalue weighted by atomic mass is 79.9. The second-order valence-corrected chi connectivity index (χ2v) is 7.74. The Bertz CT molecular complexity index is 791. The number of methoxy groups -OCH3 is 1. The van der Waals surface area contributed by atoms with Gasteiger partial charge >= 0.3 is 0 Å². The van der Waals surface area contributed by atoms with Crippen molar-refractivity contribution in [1.82, 2.24) is 0 Å². The Morgan fingerprint density at radius 1 is 1.15 bits per heavy atom. The lowest BCUT2D eigenvalue weighted by Gasteiger charge is -2.11. The van der Waals surface area contributed by atoms with E-state index in [0.29, 0.717) is 11.3 Å². The van der Waals surface area contributed by atoms with Crippen molar-refractivity contribution in [1.29, 1.82) is 5.26 Å². The van der Waals surface area contributed by atoms with Crippen molar-refractivity contribution in [3.05, 3.63) is 68.0 Å². The summed E-state index contributed by atoms with van der Waals surface area (Å²) in [5.41, 5.74) is 3.76. The molecule has 27 heavy (non-hydrogen) atoms. The van der Waals surface area contributed by atoms with Gasteiger partial charge in [0.15, 0.2) is 5.34 Å². The van der Waals surface area contributed by atoms with Crippen LogP contribution in [0.1, 0.15) is 49.9 Å². The SMILES string of the molecule is CC(C)(C)ON=O.CCc1ccc(Cc2cc(Br)c(OC)cc2C#N)cc1. The topological polar surface area (TPSA) is 71.7 Å². The fourth-order valence-corrected chi connectivity index (χ4v) is 2.78. The molecule has 144 valence electrons. The van der Waals surface area contributed by atoms with Gasteiger partial charge in [-0.2, -0.15) is 5.26 Å². The number of ether oxygens (including phenoxy) is 1. The first-order valence-corrected chi connectivity index (χ1v) is 9.38. The van der Waals surface area contributed by atoms with E-state index in [0.717, 1.165) is 22.9 Å². The third-order valence-electron chi connectivity index (χ3n) is 3.64. The molecular weight excluding hydrogens is 408 g/mol. The first kappa shape index (κ1) is 22.7. The van der Waals surface area contributed by atoms with Crippen molar-refractivity contribution in [3.63, 3.8) is 0 Å². The van der Waals surface area contributed by atoms with Gasteiger partial charge < -0.3 is 9.57 Å². The highest BCUT2D eigenvalue weighted by Gasteiger charge is 2.10. The number of nitriles is 1. The quantitative estimate of drug-likeness (QED) is 0.431. The normalized spacial score (nSPS) is 10.3. The third-order valence-corrected chi connectivity index (χ3v) is 4.25. The van der Waals surface area contributed by atoms with Crippen LogP contribution < -0.4 is 4.74 Å². The van der Waals surface area contributed by atoms with Crippen LogP contribution in [0.4, 0.5) is 0 Å². The lowest BCUT2D eigenvalue weighted by atomic mass is 9.99. The van der Waals surface area contributed by atoms with Crippen molar-refractivity contribution < 1.29 is 9.57 Å². The fourth-order valence-electron chi connectivity index (χ4n) is 2.23. The lowest BCUT2D eigenvalue weighted by molar-refractivity contribution is -0.00229. The van der Waals surface area contributed by atoms with E-state index in [1.165, 1.54) is 11.1 Å². The van der Waals surface area contributed by atoms with Crippen molar-refractivity contribution in [2.45, 2.75) is 46.1 Å². The minimum absolute atomic E-state index is 0.429. The molecule has 2 rings (SSSR count). The van der Waals surface area contributed by atoms with Crippen LogP contribution in [0.15, 0.2) is 46.2 Å². The van der Waals surface area contributed by atoms with Crippen molar-refractivity contribution in [3.8, 4) is 11.8 Å². The molecule has 0 aromatic heterocycles. The number of benzene rings is 2. The van der Waals surface area contributed by atoms with Crippen LogP contribution in [0.3, 0.4) is 0 Å². The third kappa shape index (κ3) is 7.79. The number of hydrogen-bond donors (Lipinski definition) is 0. The summed E-state index contributed by atoms with van der Waals surface area (Å²) in [7, 11) is 1.60. The van der Waals surface area contributed by atoms with Gasteiger partial charge in [-0.05, 0) is 78.4 Å². The maximum Gasteiger partial charge on any atom is 0.155 e. The summed E-state index contributed by atoms with van der Waals surface area (Å²) in [6.07, 6.45) is 1.79. The monoisotopic (exact) mass is 432 g/mol. The van der Waals surface area contributed by atoms with E-state index in [-0.39, 0.29) is 0 Å². The van der Waals surface area contributed by atoms with E-state index in [4.69, 9.17) is 4.74 Å². The maximum absolute atomic E-state index is 9.35. The number of halogens is 1. The van der Waals surface area contributed by atoms with E-state index >= 15 is 0 Å². The smallest absolute Gasteiger partial charge is 0.155 e. The summed E-state index contributed by atoms with van der Waals surface area (Å²) in [4.78, 5) is 13.6. The van der Waals surface area contributed by atoms with Crippen molar-refractivity contribution >= 4 is 15.9 Å². The van der Waals surface area contributed by atoms with Crippen LogP contribution >= 0.6 is 15.9 Å². The summed E-state index contributed by atoms with van der Waals surface area (Å²) in [6, 6.07) is 14.5. The molecule has 0 unspecified atom stereocenters. The van der Waals surface area contributed by atoms with Gasteiger partial charge in [-0.15, -0.1) is 4.91 Å². The summed E-state index contributed by atoms with van der Waals surface area (Å²) in [5.74, 6) is 0.687. The molecule has 0 saturated carbocycles. The molecule has 0 amide bonds. The van der Waals surface area contributed by atoms with Gasteiger partial charge in [-0.25, -0.2) is 0 Å². The summed E-state index contributed by atoms with van der Waals surface area (Å²) < 4.78 is 6.10.